The molecule has 1 aliphatic heterocycles. The molecule has 3 rings (SSSR count). The fourth-order valence-electron chi connectivity index (χ4n) is 2.48. The molecule has 1 amide bonds. The SMILES string of the molecule is Cc1cccc([C@H]2S[C@@H](C)C(=O)Nc3n[nH]c(C)c32)c1. The fourth-order valence-corrected chi connectivity index (χ4v) is 3.80. The lowest BCUT2D eigenvalue weighted by atomic mass is 10.0. The standard InChI is InChI=1S/C15H17N3OS/c1-8-5-4-6-11(7-8)13-12-9(2)17-18-14(12)16-15(19)10(3)20-13/h4-7,10,13H,1-3H3,(H2,16,17,18,19)/t10-,13+/m0/s1. The largest absolute Gasteiger partial charge is 0.308 e. The lowest BCUT2D eigenvalue weighted by Gasteiger charge is -2.18. The van der Waals surface area contributed by atoms with Crippen LogP contribution in [-0.4, -0.2) is 21.4 Å². The van der Waals surface area contributed by atoms with Crippen LogP contribution in [0, 0.1) is 13.8 Å². The maximum absolute atomic E-state index is 12.0. The van der Waals surface area contributed by atoms with E-state index in [2.05, 4.69) is 46.7 Å². The molecular formula is C15H17N3OS. The third-order valence-corrected chi connectivity index (χ3v) is 4.95. The zero-order chi connectivity index (χ0) is 14.3. The van der Waals surface area contributed by atoms with Crippen LogP contribution in [0.3, 0.4) is 0 Å². The van der Waals surface area contributed by atoms with E-state index in [4.69, 9.17) is 0 Å². The maximum Gasteiger partial charge on any atom is 0.238 e. The normalized spacial score (nSPS) is 22.1. The van der Waals surface area contributed by atoms with Crippen LogP contribution in [0.25, 0.3) is 0 Å². The molecule has 0 fully saturated rings. The molecule has 20 heavy (non-hydrogen) atoms. The van der Waals surface area contributed by atoms with Crippen LogP contribution < -0.4 is 5.32 Å². The molecule has 5 heteroatoms. The maximum atomic E-state index is 12.0. The number of anilines is 1. The minimum atomic E-state index is -0.103. The number of aromatic amines is 1. The van der Waals surface area contributed by atoms with Crippen molar-refractivity contribution in [2.24, 2.45) is 0 Å². The first kappa shape index (κ1) is 13.2. The monoisotopic (exact) mass is 287 g/mol. The van der Waals surface area contributed by atoms with Crippen molar-refractivity contribution in [2.45, 2.75) is 31.3 Å². The van der Waals surface area contributed by atoms with Crippen molar-refractivity contribution in [1.29, 1.82) is 0 Å². The van der Waals surface area contributed by atoms with E-state index >= 15 is 0 Å². The molecular weight excluding hydrogens is 270 g/mol. The highest BCUT2D eigenvalue weighted by molar-refractivity contribution is 8.01. The predicted molar refractivity (Wildman–Crippen MR) is 82.0 cm³/mol. The molecule has 2 atom stereocenters. The predicted octanol–water partition coefficient (Wildman–Crippen LogP) is 3.19. The molecule has 2 heterocycles. The van der Waals surface area contributed by atoms with E-state index in [1.807, 2.05) is 13.8 Å². The Balaban J connectivity index is 2.13. The number of fused-ring (bicyclic) bond motifs is 1. The van der Waals surface area contributed by atoms with Crippen LogP contribution in [0.4, 0.5) is 5.82 Å². The number of H-pyrrole nitrogens is 1. The Morgan fingerprint density at radius 1 is 1.30 bits per heavy atom. The molecule has 1 aliphatic rings. The van der Waals surface area contributed by atoms with Gasteiger partial charge in [-0.3, -0.25) is 9.89 Å². The van der Waals surface area contributed by atoms with Crippen molar-refractivity contribution in [1.82, 2.24) is 10.2 Å². The van der Waals surface area contributed by atoms with Gasteiger partial charge in [-0.1, -0.05) is 29.8 Å². The number of carbonyl (C=O) groups excluding carboxylic acids is 1. The Morgan fingerprint density at radius 3 is 2.85 bits per heavy atom. The first-order chi connectivity index (χ1) is 9.56. The number of hydrogen-bond acceptors (Lipinski definition) is 3. The van der Waals surface area contributed by atoms with Gasteiger partial charge in [-0.05, 0) is 26.3 Å². The van der Waals surface area contributed by atoms with Crippen LogP contribution in [0.1, 0.15) is 34.6 Å². The van der Waals surface area contributed by atoms with Gasteiger partial charge in [0.2, 0.25) is 5.91 Å². The van der Waals surface area contributed by atoms with Gasteiger partial charge in [0.25, 0.3) is 0 Å². The van der Waals surface area contributed by atoms with E-state index in [0.29, 0.717) is 5.82 Å². The van der Waals surface area contributed by atoms with Crippen molar-refractivity contribution in [3.8, 4) is 0 Å². The van der Waals surface area contributed by atoms with Gasteiger partial charge < -0.3 is 5.32 Å². The van der Waals surface area contributed by atoms with Gasteiger partial charge in [0.05, 0.1) is 10.5 Å². The number of hydrogen-bond donors (Lipinski definition) is 2. The molecule has 0 saturated carbocycles. The second-order valence-electron chi connectivity index (χ2n) is 5.17. The van der Waals surface area contributed by atoms with Gasteiger partial charge in [0.15, 0.2) is 5.82 Å². The molecule has 4 nitrogen and oxygen atoms in total. The third-order valence-electron chi connectivity index (χ3n) is 3.55. The first-order valence-corrected chi connectivity index (χ1v) is 7.58. The van der Waals surface area contributed by atoms with E-state index < -0.39 is 0 Å². The Kier molecular flexibility index (Phi) is 3.30. The second kappa shape index (κ2) is 4.98. The molecule has 0 aliphatic carbocycles. The molecule has 104 valence electrons. The average molecular weight is 287 g/mol. The highest BCUT2D eigenvalue weighted by atomic mass is 32.2. The summed E-state index contributed by atoms with van der Waals surface area (Å²) in [5.74, 6) is 0.675. The lowest BCUT2D eigenvalue weighted by molar-refractivity contribution is -0.115. The number of amides is 1. The number of aryl methyl sites for hydroxylation is 2. The van der Waals surface area contributed by atoms with Gasteiger partial charge >= 0.3 is 0 Å². The first-order valence-electron chi connectivity index (χ1n) is 6.64. The van der Waals surface area contributed by atoms with E-state index in [-0.39, 0.29) is 16.4 Å². The summed E-state index contributed by atoms with van der Waals surface area (Å²) >= 11 is 1.67. The highest BCUT2D eigenvalue weighted by Crippen LogP contribution is 2.44. The van der Waals surface area contributed by atoms with E-state index in [9.17, 15) is 4.79 Å². The average Bonchev–Trinajstić information content (AvgIpc) is 2.70. The van der Waals surface area contributed by atoms with Crippen LogP contribution in [0.2, 0.25) is 0 Å². The highest BCUT2D eigenvalue weighted by Gasteiger charge is 2.32. The molecule has 1 aromatic heterocycles. The summed E-state index contributed by atoms with van der Waals surface area (Å²) in [5.41, 5.74) is 4.53. The summed E-state index contributed by atoms with van der Waals surface area (Å²) in [4.78, 5) is 12.0. The van der Waals surface area contributed by atoms with Crippen molar-refractivity contribution >= 4 is 23.5 Å². The zero-order valence-electron chi connectivity index (χ0n) is 11.7. The zero-order valence-corrected chi connectivity index (χ0v) is 12.5. The summed E-state index contributed by atoms with van der Waals surface area (Å²) < 4.78 is 0. The topological polar surface area (TPSA) is 57.8 Å². The Bertz CT molecular complexity index is 665. The molecule has 1 aromatic carbocycles. The third kappa shape index (κ3) is 2.22. The fraction of sp³-hybridized carbons (Fsp3) is 0.333. The lowest BCUT2D eigenvalue weighted by Crippen LogP contribution is -2.21. The van der Waals surface area contributed by atoms with Crippen LogP contribution in [0.5, 0.6) is 0 Å². The number of benzene rings is 1. The summed E-state index contributed by atoms with van der Waals surface area (Å²) in [6.07, 6.45) is 0. The summed E-state index contributed by atoms with van der Waals surface area (Å²) in [6.45, 7) is 6.02. The van der Waals surface area contributed by atoms with Crippen LogP contribution in [-0.2, 0) is 4.79 Å². The second-order valence-corrected chi connectivity index (χ2v) is 6.62. The summed E-state index contributed by atoms with van der Waals surface area (Å²) in [7, 11) is 0. The van der Waals surface area contributed by atoms with Crippen LogP contribution in [0.15, 0.2) is 24.3 Å². The molecule has 2 aromatic rings. The molecule has 0 bridgehead atoms. The van der Waals surface area contributed by atoms with Crippen molar-refractivity contribution in [2.75, 3.05) is 5.32 Å². The number of nitrogens with one attached hydrogen (secondary N) is 2. The van der Waals surface area contributed by atoms with Crippen LogP contribution >= 0.6 is 11.8 Å². The number of thioether (sulfide) groups is 1. The summed E-state index contributed by atoms with van der Waals surface area (Å²) in [6, 6.07) is 8.44. The molecule has 2 N–H and O–H groups in total. The smallest absolute Gasteiger partial charge is 0.238 e. The van der Waals surface area contributed by atoms with Gasteiger partial charge in [-0.2, -0.15) is 5.10 Å². The Labute approximate surface area is 122 Å². The van der Waals surface area contributed by atoms with Gasteiger partial charge in [-0.25, -0.2) is 0 Å². The van der Waals surface area contributed by atoms with E-state index in [1.54, 1.807) is 11.8 Å². The Morgan fingerprint density at radius 2 is 2.10 bits per heavy atom. The van der Waals surface area contributed by atoms with E-state index in [1.165, 1.54) is 11.1 Å². The molecule has 0 saturated heterocycles. The molecule has 0 radical (unpaired) electrons. The van der Waals surface area contributed by atoms with Crippen molar-refractivity contribution in [3.05, 3.63) is 46.6 Å². The molecule has 0 spiro atoms. The van der Waals surface area contributed by atoms with Gasteiger partial charge in [0.1, 0.15) is 0 Å². The minimum absolute atomic E-state index is 0.0119. The quantitative estimate of drug-likeness (QED) is 0.847. The summed E-state index contributed by atoms with van der Waals surface area (Å²) in [5, 5.41) is 10.1. The number of nitrogens with zero attached hydrogens (tertiary/aromatic N) is 1. The number of aromatic nitrogens is 2. The van der Waals surface area contributed by atoms with Gasteiger partial charge in [-0.15, -0.1) is 11.8 Å². The number of carbonyl (C=O) groups is 1. The van der Waals surface area contributed by atoms with E-state index in [0.717, 1.165) is 11.3 Å². The number of rotatable bonds is 1. The van der Waals surface area contributed by atoms with Crippen molar-refractivity contribution < 1.29 is 4.79 Å². The molecule has 0 unspecified atom stereocenters. The van der Waals surface area contributed by atoms with Gasteiger partial charge in [0, 0.05) is 11.3 Å². The minimum Gasteiger partial charge on any atom is -0.308 e. The Hall–Kier alpha value is -1.75. The van der Waals surface area contributed by atoms with Crippen molar-refractivity contribution in [3.63, 3.8) is 0 Å².